The molecule has 1 atom stereocenters. The highest BCUT2D eigenvalue weighted by Crippen LogP contribution is 2.31. The second-order valence-electron chi connectivity index (χ2n) is 5.97. The molecule has 4 heteroatoms. The number of hydrogen-bond acceptors (Lipinski definition) is 3. The monoisotopic (exact) mass is 290 g/mol. The van der Waals surface area contributed by atoms with Crippen molar-refractivity contribution in [3.05, 3.63) is 35.4 Å². The van der Waals surface area contributed by atoms with Crippen molar-refractivity contribution in [2.75, 3.05) is 13.1 Å². The Labute approximate surface area is 126 Å². The molecule has 116 valence electrons. The van der Waals surface area contributed by atoms with Crippen molar-refractivity contribution in [3.63, 3.8) is 0 Å². The molecule has 1 aliphatic heterocycles. The van der Waals surface area contributed by atoms with Crippen LogP contribution >= 0.6 is 0 Å². The maximum atomic E-state index is 12.6. The van der Waals surface area contributed by atoms with Crippen LogP contribution in [0.1, 0.15) is 43.7 Å². The minimum absolute atomic E-state index is 0.0535. The van der Waals surface area contributed by atoms with Gasteiger partial charge in [-0.25, -0.2) is 0 Å². The van der Waals surface area contributed by atoms with Gasteiger partial charge in [0.2, 0.25) is 5.91 Å². The van der Waals surface area contributed by atoms with Gasteiger partial charge in [-0.05, 0) is 36.9 Å². The lowest BCUT2D eigenvalue weighted by molar-refractivity contribution is -0.132. The van der Waals surface area contributed by atoms with Gasteiger partial charge in [0.15, 0.2) is 0 Å². The third kappa shape index (κ3) is 4.05. The third-order valence-corrected chi connectivity index (χ3v) is 4.34. The Kier molecular flexibility index (Phi) is 5.76. The van der Waals surface area contributed by atoms with E-state index in [0.717, 1.165) is 49.9 Å². The van der Waals surface area contributed by atoms with E-state index in [9.17, 15) is 4.79 Å². The summed E-state index contributed by atoms with van der Waals surface area (Å²) in [6, 6.07) is 7.70. The minimum Gasteiger partial charge on any atom is -0.392 e. The summed E-state index contributed by atoms with van der Waals surface area (Å²) in [7, 11) is 0. The normalized spacial score (nSPS) is 22.0. The van der Waals surface area contributed by atoms with Crippen molar-refractivity contribution in [2.24, 2.45) is 5.41 Å². The van der Waals surface area contributed by atoms with Crippen LogP contribution in [0.2, 0.25) is 0 Å². The molecule has 1 fully saturated rings. The Bertz CT molecular complexity index is 445. The number of carbonyl (C=O) groups is 1. The zero-order valence-electron chi connectivity index (χ0n) is 12.8. The van der Waals surface area contributed by atoms with Crippen LogP contribution in [-0.2, 0) is 17.9 Å². The van der Waals surface area contributed by atoms with Crippen LogP contribution in [0.4, 0.5) is 0 Å². The topological polar surface area (TPSA) is 61.4 Å². The van der Waals surface area contributed by atoms with E-state index in [1.54, 1.807) is 0 Å². The van der Waals surface area contributed by atoms with Crippen LogP contribution in [0, 0.1) is 5.41 Å². The van der Waals surface area contributed by atoms with Crippen molar-refractivity contribution >= 4 is 5.91 Å². The largest absolute Gasteiger partial charge is 0.392 e. The summed E-state index contributed by atoms with van der Waals surface area (Å²) in [6.45, 7) is 4.54. The number of amides is 1. The summed E-state index contributed by atoms with van der Waals surface area (Å²) in [6.07, 6.45) is 4.01. The fourth-order valence-corrected chi connectivity index (χ4v) is 3.10. The summed E-state index contributed by atoms with van der Waals surface area (Å²) in [4.78, 5) is 12.6. The van der Waals surface area contributed by atoms with Gasteiger partial charge in [0.1, 0.15) is 0 Å². The summed E-state index contributed by atoms with van der Waals surface area (Å²) in [5, 5.41) is 15.5. The molecule has 2 rings (SSSR count). The molecule has 3 N–H and O–H groups in total. The maximum Gasteiger partial charge on any atom is 0.227 e. The molecule has 1 amide bonds. The van der Waals surface area contributed by atoms with Crippen LogP contribution in [-0.4, -0.2) is 24.1 Å². The number of aliphatic hydroxyl groups excluding tert-OH is 1. The average molecular weight is 290 g/mol. The zero-order chi connectivity index (χ0) is 15.1. The first-order chi connectivity index (χ1) is 10.2. The smallest absolute Gasteiger partial charge is 0.227 e. The predicted octanol–water partition coefficient (Wildman–Crippen LogP) is 1.97. The van der Waals surface area contributed by atoms with Gasteiger partial charge in [0, 0.05) is 13.1 Å². The second kappa shape index (κ2) is 7.57. The van der Waals surface area contributed by atoms with Crippen molar-refractivity contribution in [1.29, 1.82) is 0 Å². The van der Waals surface area contributed by atoms with Gasteiger partial charge in [-0.2, -0.15) is 0 Å². The molecule has 0 spiro atoms. The first kappa shape index (κ1) is 16.0. The summed E-state index contributed by atoms with van der Waals surface area (Å²) < 4.78 is 0. The molecule has 1 aromatic rings. The molecule has 0 aliphatic carbocycles. The van der Waals surface area contributed by atoms with Gasteiger partial charge in [-0.1, -0.05) is 37.6 Å². The predicted molar refractivity (Wildman–Crippen MR) is 83.7 cm³/mol. The van der Waals surface area contributed by atoms with E-state index >= 15 is 0 Å². The quantitative estimate of drug-likeness (QED) is 0.750. The Balaban J connectivity index is 1.94. The number of benzene rings is 1. The molecule has 1 heterocycles. The molecule has 0 radical (unpaired) electrons. The molecule has 0 saturated carbocycles. The lowest BCUT2D eigenvalue weighted by Gasteiger charge is -2.36. The first-order valence-corrected chi connectivity index (χ1v) is 7.88. The highest BCUT2D eigenvalue weighted by Gasteiger charge is 2.38. The molecule has 1 saturated heterocycles. The van der Waals surface area contributed by atoms with E-state index in [4.69, 9.17) is 5.11 Å². The van der Waals surface area contributed by atoms with E-state index in [1.165, 1.54) is 0 Å². The van der Waals surface area contributed by atoms with E-state index in [-0.39, 0.29) is 17.9 Å². The molecule has 0 bridgehead atoms. The number of nitrogens with one attached hydrogen (secondary N) is 2. The molecular weight excluding hydrogens is 264 g/mol. The fraction of sp³-hybridized carbons (Fsp3) is 0.588. The van der Waals surface area contributed by atoms with Gasteiger partial charge < -0.3 is 15.7 Å². The third-order valence-electron chi connectivity index (χ3n) is 4.34. The van der Waals surface area contributed by atoms with Gasteiger partial charge in [-0.3, -0.25) is 4.79 Å². The van der Waals surface area contributed by atoms with E-state index in [2.05, 4.69) is 17.6 Å². The summed E-state index contributed by atoms with van der Waals surface area (Å²) in [5.41, 5.74) is 1.72. The molecule has 4 nitrogen and oxygen atoms in total. The van der Waals surface area contributed by atoms with Crippen LogP contribution < -0.4 is 10.6 Å². The number of aliphatic hydroxyl groups is 1. The van der Waals surface area contributed by atoms with Crippen LogP contribution in [0.3, 0.4) is 0 Å². The lowest BCUT2D eigenvalue weighted by Crippen LogP contribution is -2.50. The van der Waals surface area contributed by atoms with Crippen molar-refractivity contribution in [1.82, 2.24) is 10.6 Å². The van der Waals surface area contributed by atoms with Crippen LogP contribution in [0.25, 0.3) is 0 Å². The standard InChI is InChI=1S/C17H26N2O2/c1-2-8-17(9-3-10-18-13-17)16(21)19-11-14-4-6-15(12-20)7-5-14/h4-7,18,20H,2-3,8-13H2,1H3,(H,19,21). The zero-order valence-corrected chi connectivity index (χ0v) is 12.8. The van der Waals surface area contributed by atoms with E-state index < -0.39 is 0 Å². The number of piperidine rings is 1. The van der Waals surface area contributed by atoms with Gasteiger partial charge in [-0.15, -0.1) is 0 Å². The Hall–Kier alpha value is -1.39. The van der Waals surface area contributed by atoms with Crippen LogP contribution in [0.5, 0.6) is 0 Å². The molecule has 1 aromatic carbocycles. The maximum absolute atomic E-state index is 12.6. The summed E-state index contributed by atoms with van der Waals surface area (Å²) >= 11 is 0. The molecular formula is C17H26N2O2. The minimum atomic E-state index is -0.238. The van der Waals surface area contributed by atoms with Crippen molar-refractivity contribution in [2.45, 2.75) is 45.8 Å². The highest BCUT2D eigenvalue weighted by atomic mass is 16.3. The Morgan fingerprint density at radius 2 is 2.05 bits per heavy atom. The number of carbonyl (C=O) groups excluding carboxylic acids is 1. The van der Waals surface area contributed by atoms with E-state index in [1.807, 2.05) is 24.3 Å². The molecule has 1 unspecified atom stereocenters. The highest BCUT2D eigenvalue weighted by molar-refractivity contribution is 5.83. The fourth-order valence-electron chi connectivity index (χ4n) is 3.10. The SMILES string of the molecule is CCCC1(C(=O)NCc2ccc(CO)cc2)CCCNC1. The second-order valence-corrected chi connectivity index (χ2v) is 5.97. The molecule has 0 aromatic heterocycles. The van der Waals surface area contributed by atoms with Gasteiger partial charge >= 0.3 is 0 Å². The lowest BCUT2D eigenvalue weighted by atomic mass is 9.76. The number of rotatable bonds is 6. The van der Waals surface area contributed by atoms with Gasteiger partial charge in [0.25, 0.3) is 0 Å². The molecule has 1 aliphatic rings. The molecule has 21 heavy (non-hydrogen) atoms. The average Bonchev–Trinajstić information content (AvgIpc) is 2.54. The Morgan fingerprint density at radius 3 is 2.62 bits per heavy atom. The Morgan fingerprint density at radius 1 is 1.33 bits per heavy atom. The van der Waals surface area contributed by atoms with Crippen LogP contribution in [0.15, 0.2) is 24.3 Å². The summed E-state index contributed by atoms with van der Waals surface area (Å²) in [5.74, 6) is 0.169. The van der Waals surface area contributed by atoms with Crippen molar-refractivity contribution < 1.29 is 9.90 Å². The first-order valence-electron chi connectivity index (χ1n) is 7.88. The number of hydrogen-bond donors (Lipinski definition) is 3. The van der Waals surface area contributed by atoms with E-state index in [0.29, 0.717) is 6.54 Å². The van der Waals surface area contributed by atoms with Gasteiger partial charge in [0.05, 0.1) is 12.0 Å². The van der Waals surface area contributed by atoms with Crippen molar-refractivity contribution in [3.8, 4) is 0 Å².